The maximum atomic E-state index is 12.6. The van der Waals surface area contributed by atoms with E-state index in [0.717, 1.165) is 5.56 Å². The zero-order chi connectivity index (χ0) is 16.3. The standard InChI is InChI=1S/C16H22N2O4/c1-10(2)15-16(21)18(9-14(20)17-6-7-19)12-8-11(3)4-5-13(12)22-15/h4-5,8,10,15,19H,6-7,9H2,1-3H3,(H,17,20)/t15-/m0/s1. The Bertz CT molecular complexity index is 571. The highest BCUT2D eigenvalue weighted by Crippen LogP contribution is 2.36. The topological polar surface area (TPSA) is 78.9 Å². The lowest BCUT2D eigenvalue weighted by Gasteiger charge is -2.35. The summed E-state index contributed by atoms with van der Waals surface area (Å²) in [5.74, 6) is 0.0929. The van der Waals surface area contributed by atoms with Crippen LogP contribution in [0.5, 0.6) is 5.75 Å². The summed E-state index contributed by atoms with van der Waals surface area (Å²) in [5.41, 5.74) is 1.60. The number of anilines is 1. The molecular weight excluding hydrogens is 284 g/mol. The van der Waals surface area contributed by atoms with Crippen molar-refractivity contribution >= 4 is 17.5 Å². The van der Waals surface area contributed by atoms with Gasteiger partial charge in [0, 0.05) is 6.54 Å². The molecule has 2 rings (SSSR count). The smallest absolute Gasteiger partial charge is 0.268 e. The molecule has 0 fully saturated rings. The Labute approximate surface area is 130 Å². The molecule has 6 heteroatoms. The highest BCUT2D eigenvalue weighted by Gasteiger charge is 2.37. The van der Waals surface area contributed by atoms with Crippen LogP contribution in [0.3, 0.4) is 0 Å². The molecule has 1 atom stereocenters. The number of aliphatic hydroxyl groups excluding tert-OH is 1. The van der Waals surface area contributed by atoms with Gasteiger partial charge in [-0.05, 0) is 30.5 Å². The Balaban J connectivity index is 2.30. The fourth-order valence-electron chi connectivity index (χ4n) is 2.38. The van der Waals surface area contributed by atoms with E-state index in [1.54, 1.807) is 0 Å². The molecular formula is C16H22N2O4. The molecule has 22 heavy (non-hydrogen) atoms. The van der Waals surface area contributed by atoms with Gasteiger partial charge in [-0.15, -0.1) is 0 Å². The van der Waals surface area contributed by atoms with Crippen molar-refractivity contribution in [2.24, 2.45) is 5.92 Å². The summed E-state index contributed by atoms with van der Waals surface area (Å²) in [6, 6.07) is 5.57. The number of carbonyl (C=O) groups is 2. The number of aryl methyl sites for hydroxylation is 1. The van der Waals surface area contributed by atoms with E-state index in [-0.39, 0.29) is 37.4 Å². The number of carbonyl (C=O) groups excluding carboxylic acids is 2. The Morgan fingerprint density at radius 2 is 2.18 bits per heavy atom. The molecule has 1 aliphatic heterocycles. The highest BCUT2D eigenvalue weighted by atomic mass is 16.5. The summed E-state index contributed by atoms with van der Waals surface area (Å²) in [5, 5.41) is 11.3. The van der Waals surface area contributed by atoms with Gasteiger partial charge in [0.25, 0.3) is 5.91 Å². The minimum atomic E-state index is -0.596. The molecule has 0 aromatic heterocycles. The van der Waals surface area contributed by atoms with Crippen LogP contribution in [0.2, 0.25) is 0 Å². The Hall–Kier alpha value is -2.08. The lowest BCUT2D eigenvalue weighted by atomic mass is 10.0. The van der Waals surface area contributed by atoms with Gasteiger partial charge in [0.2, 0.25) is 5.91 Å². The first-order chi connectivity index (χ1) is 10.4. The third kappa shape index (κ3) is 3.39. The van der Waals surface area contributed by atoms with E-state index < -0.39 is 6.10 Å². The van der Waals surface area contributed by atoms with Crippen LogP contribution in [0.25, 0.3) is 0 Å². The van der Waals surface area contributed by atoms with Crippen molar-refractivity contribution in [1.29, 1.82) is 0 Å². The largest absolute Gasteiger partial charge is 0.478 e. The number of hydrogen-bond acceptors (Lipinski definition) is 4. The van der Waals surface area contributed by atoms with Crippen molar-refractivity contribution in [2.45, 2.75) is 26.9 Å². The molecule has 2 amide bonds. The van der Waals surface area contributed by atoms with Crippen molar-refractivity contribution in [3.8, 4) is 5.75 Å². The zero-order valence-corrected chi connectivity index (χ0v) is 13.1. The highest BCUT2D eigenvalue weighted by molar-refractivity contribution is 6.04. The van der Waals surface area contributed by atoms with E-state index in [9.17, 15) is 9.59 Å². The van der Waals surface area contributed by atoms with Gasteiger partial charge >= 0.3 is 0 Å². The molecule has 0 radical (unpaired) electrons. The van der Waals surface area contributed by atoms with Gasteiger partial charge in [-0.3, -0.25) is 14.5 Å². The third-order valence-electron chi connectivity index (χ3n) is 3.51. The second-order valence-corrected chi connectivity index (χ2v) is 5.75. The van der Waals surface area contributed by atoms with Crippen molar-refractivity contribution in [1.82, 2.24) is 5.32 Å². The molecule has 120 valence electrons. The Morgan fingerprint density at radius 1 is 1.45 bits per heavy atom. The molecule has 2 N–H and O–H groups in total. The van der Waals surface area contributed by atoms with Gasteiger partial charge in [0.1, 0.15) is 12.3 Å². The normalized spacial score (nSPS) is 17.2. The van der Waals surface area contributed by atoms with Crippen molar-refractivity contribution in [2.75, 3.05) is 24.6 Å². The Morgan fingerprint density at radius 3 is 2.82 bits per heavy atom. The van der Waals surface area contributed by atoms with Gasteiger partial charge in [-0.25, -0.2) is 0 Å². The molecule has 1 heterocycles. The summed E-state index contributed by atoms with van der Waals surface area (Å²) in [7, 11) is 0. The molecule has 0 saturated carbocycles. The predicted molar refractivity (Wildman–Crippen MR) is 82.9 cm³/mol. The Kier molecular flexibility index (Phi) is 5.03. The fourth-order valence-corrected chi connectivity index (χ4v) is 2.38. The number of hydrogen-bond donors (Lipinski definition) is 2. The molecule has 0 unspecified atom stereocenters. The lowest BCUT2D eigenvalue weighted by Crippen LogP contribution is -2.51. The molecule has 1 aliphatic rings. The minimum absolute atomic E-state index is 0.00459. The summed E-state index contributed by atoms with van der Waals surface area (Å²) >= 11 is 0. The van der Waals surface area contributed by atoms with Gasteiger partial charge in [0.05, 0.1) is 12.3 Å². The lowest BCUT2D eigenvalue weighted by molar-refractivity contribution is -0.130. The van der Waals surface area contributed by atoms with Gasteiger partial charge < -0.3 is 15.2 Å². The van der Waals surface area contributed by atoms with E-state index in [2.05, 4.69) is 5.32 Å². The number of rotatable bonds is 5. The van der Waals surface area contributed by atoms with Crippen LogP contribution < -0.4 is 15.0 Å². The number of benzene rings is 1. The monoisotopic (exact) mass is 306 g/mol. The predicted octanol–water partition coefficient (Wildman–Crippen LogP) is 0.854. The maximum Gasteiger partial charge on any atom is 0.268 e. The SMILES string of the molecule is Cc1ccc2c(c1)N(CC(=O)NCCO)C(=O)[C@H](C(C)C)O2. The number of amides is 2. The van der Waals surface area contributed by atoms with Crippen LogP contribution in [-0.2, 0) is 9.59 Å². The quantitative estimate of drug-likeness (QED) is 0.845. The first kappa shape index (κ1) is 16.3. The average molecular weight is 306 g/mol. The van der Waals surface area contributed by atoms with E-state index in [1.165, 1.54) is 4.90 Å². The molecule has 1 aromatic carbocycles. The minimum Gasteiger partial charge on any atom is -0.478 e. The second-order valence-electron chi connectivity index (χ2n) is 5.75. The summed E-state index contributed by atoms with van der Waals surface area (Å²) in [6.07, 6.45) is -0.596. The van der Waals surface area contributed by atoms with Crippen LogP contribution in [0.1, 0.15) is 19.4 Å². The van der Waals surface area contributed by atoms with Gasteiger partial charge in [0.15, 0.2) is 6.10 Å². The first-order valence-electron chi connectivity index (χ1n) is 7.40. The molecule has 6 nitrogen and oxygen atoms in total. The number of aliphatic hydroxyl groups is 1. The molecule has 0 spiro atoms. The van der Waals surface area contributed by atoms with Crippen LogP contribution in [0.15, 0.2) is 18.2 Å². The summed E-state index contributed by atoms with van der Waals surface area (Å²) < 4.78 is 5.79. The van der Waals surface area contributed by atoms with E-state index in [4.69, 9.17) is 9.84 Å². The van der Waals surface area contributed by atoms with E-state index >= 15 is 0 Å². The number of nitrogens with one attached hydrogen (secondary N) is 1. The maximum absolute atomic E-state index is 12.6. The van der Waals surface area contributed by atoms with Gasteiger partial charge in [-0.2, -0.15) is 0 Å². The molecule has 0 saturated heterocycles. The molecule has 1 aromatic rings. The van der Waals surface area contributed by atoms with Crippen molar-refractivity contribution in [3.63, 3.8) is 0 Å². The molecule has 0 aliphatic carbocycles. The number of ether oxygens (including phenoxy) is 1. The van der Waals surface area contributed by atoms with Crippen LogP contribution in [0.4, 0.5) is 5.69 Å². The zero-order valence-electron chi connectivity index (χ0n) is 13.1. The third-order valence-corrected chi connectivity index (χ3v) is 3.51. The van der Waals surface area contributed by atoms with Crippen LogP contribution >= 0.6 is 0 Å². The van der Waals surface area contributed by atoms with Crippen LogP contribution in [-0.4, -0.2) is 42.7 Å². The van der Waals surface area contributed by atoms with Crippen LogP contribution in [0, 0.1) is 12.8 Å². The second kappa shape index (κ2) is 6.79. The van der Waals surface area contributed by atoms with Crippen molar-refractivity contribution < 1.29 is 19.4 Å². The van der Waals surface area contributed by atoms with E-state index in [0.29, 0.717) is 11.4 Å². The first-order valence-corrected chi connectivity index (χ1v) is 7.40. The van der Waals surface area contributed by atoms with Gasteiger partial charge in [-0.1, -0.05) is 19.9 Å². The molecule has 0 bridgehead atoms. The number of fused-ring (bicyclic) bond motifs is 1. The van der Waals surface area contributed by atoms with Crippen molar-refractivity contribution in [3.05, 3.63) is 23.8 Å². The summed E-state index contributed by atoms with van der Waals surface area (Å²) in [4.78, 5) is 26.0. The number of nitrogens with zero attached hydrogens (tertiary/aromatic N) is 1. The summed E-state index contributed by atoms with van der Waals surface area (Å²) in [6.45, 7) is 5.70. The fraction of sp³-hybridized carbons (Fsp3) is 0.500. The van der Waals surface area contributed by atoms with E-state index in [1.807, 2.05) is 39.0 Å². The average Bonchev–Trinajstić information content (AvgIpc) is 2.47.